The van der Waals surface area contributed by atoms with Gasteiger partial charge >= 0.3 is 5.97 Å². The molecule has 4 aliphatic carbocycles. The number of carbonyl (C=O) groups is 1. The van der Waals surface area contributed by atoms with Crippen molar-refractivity contribution in [3.8, 4) is 0 Å². The van der Waals surface area contributed by atoms with Crippen molar-refractivity contribution in [2.45, 2.75) is 118 Å². The maximum Gasteiger partial charge on any atom is 0.302 e. The van der Waals surface area contributed by atoms with Crippen LogP contribution in [0.1, 0.15) is 93.4 Å². The average molecular weight is 477 g/mol. The first kappa shape index (κ1) is 25.0. The minimum Gasteiger partial charge on any atom is -0.462 e. The second kappa shape index (κ2) is 7.92. The van der Waals surface area contributed by atoms with Crippen molar-refractivity contribution in [3.05, 3.63) is 0 Å². The third kappa shape index (κ3) is 3.18. The Morgan fingerprint density at radius 1 is 0.971 bits per heavy atom. The lowest BCUT2D eigenvalue weighted by Crippen LogP contribution is -2.69. The molecule has 0 radical (unpaired) electrons. The lowest BCUT2D eigenvalue weighted by molar-refractivity contribution is -0.278. The predicted molar refractivity (Wildman–Crippen MR) is 131 cm³/mol. The third-order valence-corrected chi connectivity index (χ3v) is 12.3. The van der Waals surface area contributed by atoms with Gasteiger partial charge in [-0.15, -0.1) is 0 Å². The Bertz CT molecular complexity index is 825. The quantitative estimate of drug-likeness (QED) is 0.527. The molecule has 34 heavy (non-hydrogen) atoms. The van der Waals surface area contributed by atoms with Crippen LogP contribution < -0.4 is 0 Å². The normalized spacial score (nSPS) is 56.0. The second-order valence-corrected chi connectivity index (χ2v) is 14.1. The van der Waals surface area contributed by atoms with Gasteiger partial charge in [-0.1, -0.05) is 41.0 Å². The molecule has 0 aromatic rings. The Labute approximate surface area is 206 Å². The Morgan fingerprint density at radius 3 is 2.29 bits per heavy atom. The number of hydrogen-bond acceptors (Lipinski definition) is 5. The van der Waals surface area contributed by atoms with Crippen LogP contribution in [0.3, 0.4) is 0 Å². The number of esters is 1. The van der Waals surface area contributed by atoms with E-state index in [-0.39, 0.29) is 58.5 Å². The van der Waals surface area contributed by atoms with Crippen LogP contribution in [0.4, 0.5) is 0 Å². The summed E-state index contributed by atoms with van der Waals surface area (Å²) < 4.78 is 18.4. The summed E-state index contributed by atoms with van der Waals surface area (Å²) in [5.74, 6) is 1.25. The van der Waals surface area contributed by atoms with Crippen molar-refractivity contribution >= 4 is 5.97 Å². The Kier molecular flexibility index (Phi) is 5.83. The number of ether oxygens (including phenoxy) is 3. The number of rotatable bonds is 2. The van der Waals surface area contributed by atoms with E-state index in [1.807, 2.05) is 0 Å². The fourth-order valence-electron chi connectivity index (χ4n) is 11.1. The first-order valence-electron chi connectivity index (χ1n) is 13.8. The van der Waals surface area contributed by atoms with Gasteiger partial charge in [0.25, 0.3) is 0 Å². The van der Waals surface area contributed by atoms with Gasteiger partial charge in [-0.2, -0.15) is 0 Å². The molecule has 5 heteroatoms. The topological polar surface area (TPSA) is 65.0 Å². The molecule has 1 heterocycles. The molecule has 1 aliphatic heterocycles. The zero-order valence-electron chi connectivity index (χ0n) is 22.7. The van der Waals surface area contributed by atoms with Gasteiger partial charge in [-0.05, 0) is 79.4 Å². The smallest absolute Gasteiger partial charge is 0.302 e. The Morgan fingerprint density at radius 2 is 1.65 bits per heavy atom. The van der Waals surface area contributed by atoms with E-state index in [2.05, 4.69) is 41.5 Å². The van der Waals surface area contributed by atoms with Gasteiger partial charge in [0.2, 0.25) is 0 Å². The SMILES string of the molecule is CO[C@@H]1O[C@@H](C)[C@H]2[C@H]1[C@@]1(C)[C@@H](OC(C)=O)C[C@@H]3[C@@]4(C)CCCC(C)(C)[C@@H]4CC[C@@]3(C)[C@@H]1C[C@@H]2O. The van der Waals surface area contributed by atoms with E-state index < -0.39 is 6.10 Å². The maximum atomic E-state index is 12.5. The molecule has 5 rings (SSSR count). The molecule has 0 aromatic carbocycles. The summed E-state index contributed by atoms with van der Waals surface area (Å²) in [6.45, 7) is 16.0. The molecule has 5 fully saturated rings. The van der Waals surface area contributed by atoms with Gasteiger partial charge in [0.05, 0.1) is 12.2 Å². The number of aliphatic hydroxyl groups is 1. The first-order chi connectivity index (χ1) is 15.8. The highest BCUT2D eigenvalue weighted by Gasteiger charge is 2.73. The number of methoxy groups -OCH3 is 1. The summed E-state index contributed by atoms with van der Waals surface area (Å²) >= 11 is 0. The molecule has 12 atom stereocenters. The number of aliphatic hydroxyl groups excluding tert-OH is 1. The van der Waals surface area contributed by atoms with E-state index in [0.717, 1.165) is 12.8 Å². The van der Waals surface area contributed by atoms with Crippen molar-refractivity contribution in [2.24, 2.45) is 51.2 Å². The summed E-state index contributed by atoms with van der Waals surface area (Å²) in [4.78, 5) is 12.5. The zero-order chi connectivity index (χ0) is 24.8. The van der Waals surface area contributed by atoms with Crippen LogP contribution in [-0.2, 0) is 19.0 Å². The highest BCUT2D eigenvalue weighted by molar-refractivity contribution is 5.66. The Balaban J connectivity index is 1.64. The average Bonchev–Trinajstić information content (AvgIpc) is 3.08. The monoisotopic (exact) mass is 476 g/mol. The summed E-state index contributed by atoms with van der Waals surface area (Å²) in [6, 6.07) is 0. The van der Waals surface area contributed by atoms with Crippen molar-refractivity contribution in [1.82, 2.24) is 0 Å². The number of carbonyl (C=O) groups excluding carboxylic acids is 1. The molecular weight excluding hydrogens is 428 g/mol. The van der Waals surface area contributed by atoms with Gasteiger partial charge in [-0.25, -0.2) is 0 Å². The van der Waals surface area contributed by atoms with Gasteiger partial charge in [0.15, 0.2) is 6.29 Å². The van der Waals surface area contributed by atoms with E-state index in [4.69, 9.17) is 14.2 Å². The molecule has 1 N–H and O–H groups in total. The largest absolute Gasteiger partial charge is 0.462 e. The van der Waals surface area contributed by atoms with Crippen LogP contribution in [0.25, 0.3) is 0 Å². The van der Waals surface area contributed by atoms with E-state index in [0.29, 0.717) is 17.3 Å². The molecule has 5 nitrogen and oxygen atoms in total. The minimum atomic E-state index is -0.417. The van der Waals surface area contributed by atoms with E-state index >= 15 is 0 Å². The number of hydrogen-bond donors (Lipinski definition) is 1. The summed E-state index contributed by atoms with van der Waals surface area (Å²) in [5, 5.41) is 11.5. The molecular formula is C29H48O5. The Hall–Kier alpha value is -0.650. The highest BCUT2D eigenvalue weighted by Crippen LogP contribution is 2.74. The summed E-state index contributed by atoms with van der Waals surface area (Å²) in [6.07, 6.45) is 6.91. The minimum absolute atomic E-state index is 0.00458. The zero-order valence-corrected chi connectivity index (χ0v) is 22.7. The molecule has 0 unspecified atom stereocenters. The molecule has 0 spiro atoms. The molecule has 0 aromatic heterocycles. The van der Waals surface area contributed by atoms with Crippen LogP contribution in [0.2, 0.25) is 0 Å². The van der Waals surface area contributed by atoms with Crippen LogP contribution in [0.15, 0.2) is 0 Å². The van der Waals surface area contributed by atoms with Crippen molar-refractivity contribution in [3.63, 3.8) is 0 Å². The van der Waals surface area contributed by atoms with Crippen molar-refractivity contribution < 1.29 is 24.1 Å². The molecule has 1 saturated heterocycles. The molecule has 0 amide bonds. The van der Waals surface area contributed by atoms with Gasteiger partial charge < -0.3 is 19.3 Å². The summed E-state index contributed by atoms with van der Waals surface area (Å²) in [5.41, 5.74) is 0.384. The molecule has 4 saturated carbocycles. The first-order valence-corrected chi connectivity index (χ1v) is 13.8. The predicted octanol–water partition coefficient (Wildman–Crippen LogP) is 5.58. The lowest BCUT2D eigenvalue weighted by atomic mass is 9.34. The lowest BCUT2D eigenvalue weighted by Gasteiger charge is -2.71. The second-order valence-electron chi connectivity index (χ2n) is 14.1. The van der Waals surface area contributed by atoms with Crippen LogP contribution in [0.5, 0.6) is 0 Å². The van der Waals surface area contributed by atoms with E-state index in [1.54, 1.807) is 14.0 Å². The fourth-order valence-corrected chi connectivity index (χ4v) is 11.1. The number of fused-ring (bicyclic) bond motifs is 7. The molecule has 194 valence electrons. The van der Waals surface area contributed by atoms with Crippen LogP contribution in [-0.4, -0.2) is 42.8 Å². The van der Waals surface area contributed by atoms with E-state index in [9.17, 15) is 9.90 Å². The third-order valence-electron chi connectivity index (χ3n) is 12.3. The molecule has 0 bridgehead atoms. The maximum absolute atomic E-state index is 12.5. The van der Waals surface area contributed by atoms with E-state index in [1.165, 1.54) is 32.1 Å². The van der Waals surface area contributed by atoms with Gasteiger partial charge in [0, 0.05) is 31.3 Å². The van der Waals surface area contributed by atoms with Crippen LogP contribution >= 0.6 is 0 Å². The van der Waals surface area contributed by atoms with Crippen molar-refractivity contribution in [1.29, 1.82) is 0 Å². The van der Waals surface area contributed by atoms with Gasteiger partial charge in [-0.3, -0.25) is 4.79 Å². The summed E-state index contributed by atoms with van der Waals surface area (Å²) in [7, 11) is 1.71. The fraction of sp³-hybridized carbons (Fsp3) is 0.966. The van der Waals surface area contributed by atoms with Gasteiger partial charge in [0.1, 0.15) is 6.10 Å². The van der Waals surface area contributed by atoms with Crippen LogP contribution in [0, 0.1) is 51.2 Å². The standard InChI is InChI=1S/C29H48O5/c1-16-23-18(31)14-21-28(6)13-10-19-26(3,4)11-9-12-27(19,5)20(28)15-22(34-17(2)30)29(21,7)24(23)25(32-8)33-16/h16,18-25,31H,9-15H2,1-8H3/t16-,18-,19-,20+,21-,22-,23+,24+,25+,27-,28+,29+/m0/s1. The van der Waals surface area contributed by atoms with Crippen molar-refractivity contribution in [2.75, 3.05) is 7.11 Å². The highest BCUT2D eigenvalue weighted by atomic mass is 16.7. The molecule has 5 aliphatic rings.